The molecule has 3 aliphatic rings. The molecule has 8 nitrogen and oxygen atoms in total. The van der Waals surface area contributed by atoms with E-state index in [-0.39, 0.29) is 11.6 Å². The number of esters is 1. The molecule has 2 amide bonds. The Hall–Kier alpha value is -2.47. The Labute approximate surface area is 192 Å². The van der Waals surface area contributed by atoms with Crippen molar-refractivity contribution in [3.05, 3.63) is 23.8 Å². The Morgan fingerprint density at radius 2 is 2.03 bits per heavy atom. The third kappa shape index (κ3) is 4.91. The van der Waals surface area contributed by atoms with Crippen LogP contribution in [-0.2, 0) is 30.0 Å². The Bertz CT molecular complexity index is 954. The zero-order valence-corrected chi connectivity index (χ0v) is 18.8. The molecule has 33 heavy (non-hydrogen) atoms. The second kappa shape index (κ2) is 9.05. The number of halogens is 3. The predicted octanol–water partition coefficient (Wildman–Crippen LogP) is 2.48. The van der Waals surface area contributed by atoms with Crippen LogP contribution in [0.2, 0.25) is 0 Å². The van der Waals surface area contributed by atoms with Crippen molar-refractivity contribution in [2.45, 2.75) is 36.9 Å². The lowest BCUT2D eigenvalue weighted by atomic mass is 10.1. The molecular formula is C21H24F3N3O5S. The number of rotatable bonds is 5. The topological polar surface area (TPSA) is 88.2 Å². The van der Waals surface area contributed by atoms with Gasteiger partial charge in [0, 0.05) is 25.3 Å². The van der Waals surface area contributed by atoms with Crippen LogP contribution >= 0.6 is 11.8 Å². The summed E-state index contributed by atoms with van der Waals surface area (Å²) >= 11 is 1.50. The number of fused-ring (bicyclic) bond motifs is 1. The molecule has 12 heteroatoms. The Morgan fingerprint density at radius 1 is 1.30 bits per heavy atom. The number of thioether (sulfide) groups is 1. The number of carbonyl (C=O) groups excluding carboxylic acids is 3. The molecule has 0 aromatic heterocycles. The van der Waals surface area contributed by atoms with Crippen molar-refractivity contribution in [2.75, 3.05) is 48.9 Å². The van der Waals surface area contributed by atoms with Gasteiger partial charge in [-0.2, -0.15) is 13.2 Å². The van der Waals surface area contributed by atoms with E-state index in [0.29, 0.717) is 50.6 Å². The highest BCUT2D eigenvalue weighted by Gasteiger charge is 2.53. The number of hydrogen-bond donors (Lipinski definition) is 1. The minimum atomic E-state index is -4.58. The molecule has 1 aromatic carbocycles. The lowest BCUT2D eigenvalue weighted by Crippen LogP contribution is -2.47. The van der Waals surface area contributed by atoms with Gasteiger partial charge < -0.3 is 24.6 Å². The third-order valence-corrected chi connectivity index (χ3v) is 7.52. The summed E-state index contributed by atoms with van der Waals surface area (Å²) in [5.41, 5.74) is -0.496. The summed E-state index contributed by atoms with van der Waals surface area (Å²) < 4.78 is 50.1. The van der Waals surface area contributed by atoms with Gasteiger partial charge in [0.05, 0.1) is 35.0 Å². The second-order valence-corrected chi connectivity index (χ2v) is 9.75. The van der Waals surface area contributed by atoms with Gasteiger partial charge in [-0.3, -0.25) is 9.59 Å². The highest BCUT2D eigenvalue weighted by molar-refractivity contribution is 8.01. The molecule has 1 N–H and O–H groups in total. The van der Waals surface area contributed by atoms with E-state index in [0.717, 1.165) is 12.1 Å². The van der Waals surface area contributed by atoms with Crippen molar-refractivity contribution in [1.82, 2.24) is 4.90 Å². The maximum atomic E-state index is 13.2. The van der Waals surface area contributed by atoms with Crippen molar-refractivity contribution in [3.8, 4) is 0 Å². The molecule has 2 unspecified atom stereocenters. The van der Waals surface area contributed by atoms with Gasteiger partial charge >= 0.3 is 12.1 Å². The first-order valence-electron chi connectivity index (χ1n) is 10.5. The molecule has 3 fully saturated rings. The van der Waals surface area contributed by atoms with Crippen molar-refractivity contribution in [1.29, 1.82) is 0 Å². The molecule has 0 aliphatic carbocycles. The minimum absolute atomic E-state index is 0.0218. The standard InChI is InChI=1S/C21H24F3N3O5S/c1-20-5-4-18(29)27(20)16(12-33-20)19(30)32-11-17(28)25-14-10-13(21(22,23)24)2-3-15(14)26-6-8-31-9-7-26/h2-3,10,16H,4-9,11-12H2,1H3,(H,25,28). The van der Waals surface area contributed by atoms with Gasteiger partial charge in [-0.05, 0) is 31.5 Å². The first-order chi connectivity index (χ1) is 15.6. The van der Waals surface area contributed by atoms with Crippen LogP contribution in [0.25, 0.3) is 0 Å². The van der Waals surface area contributed by atoms with Crippen LogP contribution in [-0.4, -0.2) is 72.3 Å². The van der Waals surface area contributed by atoms with Crippen LogP contribution in [0.5, 0.6) is 0 Å². The van der Waals surface area contributed by atoms with Crippen molar-refractivity contribution >= 4 is 40.9 Å². The number of amides is 2. The summed E-state index contributed by atoms with van der Waals surface area (Å²) in [5, 5.41) is 2.44. The van der Waals surface area contributed by atoms with Gasteiger partial charge in [0.25, 0.3) is 5.91 Å². The molecule has 0 saturated carbocycles. The Kier molecular flexibility index (Phi) is 6.50. The fraction of sp³-hybridized carbons (Fsp3) is 0.571. The maximum Gasteiger partial charge on any atom is 0.416 e. The fourth-order valence-electron chi connectivity index (χ4n) is 4.31. The number of benzene rings is 1. The van der Waals surface area contributed by atoms with Gasteiger partial charge in [-0.1, -0.05) is 0 Å². The fourth-order valence-corrected chi connectivity index (χ4v) is 5.72. The van der Waals surface area contributed by atoms with Crippen LogP contribution in [0.1, 0.15) is 25.3 Å². The largest absolute Gasteiger partial charge is 0.454 e. The SMILES string of the molecule is CC12CCC(=O)N1C(C(=O)OCC(=O)Nc1cc(C(F)(F)F)ccc1N1CCOCC1)CS2. The van der Waals surface area contributed by atoms with E-state index in [1.54, 1.807) is 0 Å². The quantitative estimate of drug-likeness (QED) is 0.639. The van der Waals surface area contributed by atoms with Crippen LogP contribution in [0, 0.1) is 0 Å². The van der Waals surface area contributed by atoms with E-state index < -0.39 is 41.1 Å². The third-order valence-electron chi connectivity index (χ3n) is 6.01. The molecule has 4 rings (SSSR count). The first-order valence-corrected chi connectivity index (χ1v) is 11.5. The zero-order chi connectivity index (χ0) is 23.8. The number of nitrogens with zero attached hydrogens (tertiary/aromatic N) is 2. The number of alkyl halides is 3. The van der Waals surface area contributed by atoms with Crippen molar-refractivity contribution in [2.24, 2.45) is 0 Å². The number of carbonyl (C=O) groups is 3. The maximum absolute atomic E-state index is 13.2. The van der Waals surface area contributed by atoms with Crippen molar-refractivity contribution < 1.29 is 37.0 Å². The van der Waals surface area contributed by atoms with Crippen LogP contribution in [0.3, 0.4) is 0 Å². The Morgan fingerprint density at radius 3 is 2.73 bits per heavy atom. The molecular weight excluding hydrogens is 463 g/mol. The summed E-state index contributed by atoms with van der Waals surface area (Å²) in [6.07, 6.45) is -3.58. The summed E-state index contributed by atoms with van der Waals surface area (Å²) in [4.78, 5) is 40.1. The summed E-state index contributed by atoms with van der Waals surface area (Å²) in [6, 6.07) is 2.36. The van der Waals surface area contributed by atoms with Crippen LogP contribution in [0.15, 0.2) is 18.2 Å². The monoisotopic (exact) mass is 487 g/mol. The Balaban J connectivity index is 1.43. The van der Waals surface area contributed by atoms with Gasteiger partial charge in [0.1, 0.15) is 6.04 Å². The number of morpholine rings is 1. The highest BCUT2D eigenvalue weighted by atomic mass is 32.2. The average molecular weight is 488 g/mol. The zero-order valence-electron chi connectivity index (χ0n) is 17.9. The summed E-state index contributed by atoms with van der Waals surface area (Å²) in [5.74, 6) is -1.22. The van der Waals surface area contributed by atoms with Gasteiger partial charge in [0.2, 0.25) is 5.91 Å². The van der Waals surface area contributed by atoms with Crippen LogP contribution < -0.4 is 10.2 Å². The summed E-state index contributed by atoms with van der Waals surface area (Å²) in [7, 11) is 0. The van der Waals surface area contributed by atoms with E-state index in [2.05, 4.69) is 5.32 Å². The van der Waals surface area contributed by atoms with Crippen LogP contribution in [0.4, 0.5) is 24.5 Å². The highest BCUT2D eigenvalue weighted by Crippen LogP contribution is 2.47. The molecule has 3 saturated heterocycles. The summed E-state index contributed by atoms with van der Waals surface area (Å²) in [6.45, 7) is 2.98. The molecule has 2 atom stereocenters. The minimum Gasteiger partial charge on any atom is -0.454 e. The molecule has 180 valence electrons. The molecule has 0 radical (unpaired) electrons. The van der Waals surface area contributed by atoms with Gasteiger partial charge in [-0.15, -0.1) is 11.8 Å². The molecule has 0 spiro atoms. The molecule has 0 bridgehead atoms. The molecule has 3 heterocycles. The number of nitrogens with one attached hydrogen (secondary N) is 1. The average Bonchev–Trinajstić information content (AvgIpc) is 3.27. The van der Waals surface area contributed by atoms with E-state index in [1.165, 1.54) is 22.7 Å². The second-order valence-electron chi connectivity index (χ2n) is 8.25. The first kappa shape index (κ1) is 23.7. The molecule has 3 aliphatic heterocycles. The van der Waals surface area contributed by atoms with Gasteiger partial charge in [-0.25, -0.2) is 4.79 Å². The lowest BCUT2D eigenvalue weighted by Gasteiger charge is -2.31. The molecule has 1 aromatic rings. The number of hydrogen-bond acceptors (Lipinski definition) is 7. The predicted molar refractivity (Wildman–Crippen MR) is 115 cm³/mol. The smallest absolute Gasteiger partial charge is 0.416 e. The number of ether oxygens (including phenoxy) is 2. The van der Waals surface area contributed by atoms with E-state index in [9.17, 15) is 27.6 Å². The number of anilines is 2. The van der Waals surface area contributed by atoms with E-state index in [4.69, 9.17) is 9.47 Å². The lowest BCUT2D eigenvalue weighted by molar-refractivity contribution is -0.155. The normalized spacial score (nSPS) is 25.2. The van der Waals surface area contributed by atoms with Gasteiger partial charge in [0.15, 0.2) is 6.61 Å². The van der Waals surface area contributed by atoms with E-state index >= 15 is 0 Å². The van der Waals surface area contributed by atoms with E-state index in [1.807, 2.05) is 11.8 Å². The van der Waals surface area contributed by atoms with Crippen molar-refractivity contribution in [3.63, 3.8) is 0 Å².